The Morgan fingerprint density at radius 3 is 2.40 bits per heavy atom. The summed E-state index contributed by atoms with van der Waals surface area (Å²) in [5, 5.41) is 0. The van der Waals surface area contributed by atoms with Gasteiger partial charge < -0.3 is 10.5 Å². The lowest BCUT2D eigenvalue weighted by Crippen LogP contribution is -2.10. The zero-order chi connectivity index (χ0) is 11.4. The largest absolute Gasteiger partial charge is 0.491 e. The third kappa shape index (κ3) is 3.24. The molecule has 0 saturated carbocycles. The first kappa shape index (κ1) is 12.1. The Kier molecular flexibility index (Phi) is 4.15. The second-order valence-corrected chi connectivity index (χ2v) is 4.17. The Balaban J connectivity index is 2.97. The molecule has 15 heavy (non-hydrogen) atoms. The van der Waals surface area contributed by atoms with Crippen LogP contribution in [0.1, 0.15) is 44.9 Å². The fourth-order valence-corrected chi connectivity index (χ4v) is 1.68. The standard InChI is InChI=1S/C13H21NO/c1-5-11-8-12(15-9(2)3)6-7-13(11)10(4)14/h6-10H,5,14H2,1-4H3. The molecule has 2 nitrogen and oxygen atoms in total. The summed E-state index contributed by atoms with van der Waals surface area (Å²) < 4.78 is 5.65. The highest BCUT2D eigenvalue weighted by atomic mass is 16.5. The van der Waals surface area contributed by atoms with Crippen LogP contribution in [0.3, 0.4) is 0 Å². The van der Waals surface area contributed by atoms with Crippen LogP contribution in [0.5, 0.6) is 5.75 Å². The van der Waals surface area contributed by atoms with E-state index in [0.29, 0.717) is 0 Å². The Labute approximate surface area is 92.4 Å². The van der Waals surface area contributed by atoms with Crippen molar-refractivity contribution < 1.29 is 4.74 Å². The molecule has 0 aromatic heterocycles. The molecule has 84 valence electrons. The summed E-state index contributed by atoms with van der Waals surface area (Å²) in [6, 6.07) is 6.26. The summed E-state index contributed by atoms with van der Waals surface area (Å²) in [6.07, 6.45) is 1.21. The third-order valence-electron chi connectivity index (χ3n) is 2.36. The van der Waals surface area contributed by atoms with Crippen LogP contribution in [-0.4, -0.2) is 6.10 Å². The molecule has 0 aliphatic heterocycles. The SMILES string of the molecule is CCc1cc(OC(C)C)ccc1C(C)N. The summed E-state index contributed by atoms with van der Waals surface area (Å²) >= 11 is 0. The van der Waals surface area contributed by atoms with Gasteiger partial charge in [-0.15, -0.1) is 0 Å². The molecule has 1 atom stereocenters. The highest BCUT2D eigenvalue weighted by molar-refractivity contribution is 5.37. The van der Waals surface area contributed by atoms with Crippen molar-refractivity contribution in [3.63, 3.8) is 0 Å². The van der Waals surface area contributed by atoms with E-state index in [2.05, 4.69) is 19.1 Å². The second-order valence-electron chi connectivity index (χ2n) is 4.17. The van der Waals surface area contributed by atoms with Gasteiger partial charge in [0.1, 0.15) is 5.75 Å². The van der Waals surface area contributed by atoms with Crippen molar-refractivity contribution in [2.45, 2.75) is 46.3 Å². The van der Waals surface area contributed by atoms with Crippen molar-refractivity contribution in [3.05, 3.63) is 29.3 Å². The summed E-state index contributed by atoms with van der Waals surface area (Å²) in [4.78, 5) is 0. The van der Waals surface area contributed by atoms with E-state index in [1.54, 1.807) is 0 Å². The number of hydrogen-bond acceptors (Lipinski definition) is 2. The fraction of sp³-hybridized carbons (Fsp3) is 0.538. The van der Waals surface area contributed by atoms with E-state index >= 15 is 0 Å². The van der Waals surface area contributed by atoms with Crippen molar-refractivity contribution in [2.75, 3.05) is 0 Å². The topological polar surface area (TPSA) is 35.2 Å². The Morgan fingerprint density at radius 2 is 1.93 bits per heavy atom. The van der Waals surface area contributed by atoms with Gasteiger partial charge in [0, 0.05) is 6.04 Å². The molecule has 1 aromatic rings. The highest BCUT2D eigenvalue weighted by Crippen LogP contribution is 2.23. The molecule has 1 aromatic carbocycles. The zero-order valence-corrected chi connectivity index (χ0v) is 10.1. The Hall–Kier alpha value is -1.02. The number of hydrogen-bond donors (Lipinski definition) is 1. The van der Waals surface area contributed by atoms with E-state index in [1.165, 1.54) is 11.1 Å². The molecule has 1 rings (SSSR count). The van der Waals surface area contributed by atoms with E-state index < -0.39 is 0 Å². The molecule has 0 amide bonds. The van der Waals surface area contributed by atoms with Crippen molar-refractivity contribution in [3.8, 4) is 5.75 Å². The van der Waals surface area contributed by atoms with Crippen LogP contribution in [-0.2, 0) is 6.42 Å². The minimum atomic E-state index is 0.0908. The van der Waals surface area contributed by atoms with Crippen LogP contribution < -0.4 is 10.5 Å². The van der Waals surface area contributed by atoms with E-state index in [9.17, 15) is 0 Å². The van der Waals surface area contributed by atoms with Gasteiger partial charge in [-0.1, -0.05) is 13.0 Å². The van der Waals surface area contributed by atoms with Crippen LogP contribution in [0.15, 0.2) is 18.2 Å². The van der Waals surface area contributed by atoms with Crippen LogP contribution >= 0.6 is 0 Å². The smallest absolute Gasteiger partial charge is 0.119 e. The summed E-state index contributed by atoms with van der Waals surface area (Å²) in [6.45, 7) is 8.22. The molecule has 0 aliphatic rings. The first-order valence-electron chi connectivity index (χ1n) is 5.59. The third-order valence-corrected chi connectivity index (χ3v) is 2.36. The molecular weight excluding hydrogens is 186 g/mol. The molecule has 0 heterocycles. The van der Waals surface area contributed by atoms with Gasteiger partial charge in [-0.05, 0) is 50.5 Å². The minimum Gasteiger partial charge on any atom is -0.491 e. The monoisotopic (exact) mass is 207 g/mol. The van der Waals surface area contributed by atoms with Gasteiger partial charge in [-0.25, -0.2) is 0 Å². The van der Waals surface area contributed by atoms with Gasteiger partial charge in [0.25, 0.3) is 0 Å². The molecular formula is C13H21NO. The van der Waals surface area contributed by atoms with E-state index in [4.69, 9.17) is 10.5 Å². The van der Waals surface area contributed by atoms with Crippen molar-refractivity contribution >= 4 is 0 Å². The highest BCUT2D eigenvalue weighted by Gasteiger charge is 2.07. The summed E-state index contributed by atoms with van der Waals surface area (Å²) in [7, 11) is 0. The van der Waals surface area contributed by atoms with Crippen molar-refractivity contribution in [1.29, 1.82) is 0 Å². The van der Waals surface area contributed by atoms with Crippen LogP contribution in [0.2, 0.25) is 0 Å². The predicted octanol–water partition coefficient (Wildman–Crippen LogP) is 3.06. The minimum absolute atomic E-state index is 0.0908. The van der Waals surface area contributed by atoms with Gasteiger partial charge >= 0.3 is 0 Å². The van der Waals surface area contributed by atoms with Gasteiger partial charge in [0.2, 0.25) is 0 Å². The first-order chi connectivity index (χ1) is 7.04. The maximum absolute atomic E-state index is 5.90. The Bertz CT molecular complexity index is 318. The molecule has 0 saturated heterocycles. The maximum Gasteiger partial charge on any atom is 0.119 e. The molecule has 0 bridgehead atoms. The fourth-order valence-electron chi connectivity index (χ4n) is 1.68. The van der Waals surface area contributed by atoms with Crippen molar-refractivity contribution in [2.24, 2.45) is 5.73 Å². The molecule has 0 radical (unpaired) electrons. The van der Waals surface area contributed by atoms with Gasteiger partial charge in [-0.2, -0.15) is 0 Å². The molecule has 2 N–H and O–H groups in total. The quantitative estimate of drug-likeness (QED) is 0.823. The van der Waals surface area contributed by atoms with Crippen LogP contribution in [0.4, 0.5) is 0 Å². The number of nitrogens with two attached hydrogens (primary N) is 1. The Morgan fingerprint density at radius 1 is 1.27 bits per heavy atom. The first-order valence-corrected chi connectivity index (χ1v) is 5.59. The van der Waals surface area contributed by atoms with Gasteiger partial charge in [-0.3, -0.25) is 0 Å². The molecule has 1 unspecified atom stereocenters. The number of benzene rings is 1. The molecule has 0 aliphatic carbocycles. The van der Waals surface area contributed by atoms with Crippen molar-refractivity contribution in [1.82, 2.24) is 0 Å². The van der Waals surface area contributed by atoms with E-state index in [-0.39, 0.29) is 12.1 Å². The summed E-state index contributed by atoms with van der Waals surface area (Å²) in [5.41, 5.74) is 8.40. The van der Waals surface area contributed by atoms with Crippen LogP contribution in [0.25, 0.3) is 0 Å². The summed E-state index contributed by atoms with van der Waals surface area (Å²) in [5.74, 6) is 0.936. The van der Waals surface area contributed by atoms with Gasteiger partial charge in [0.15, 0.2) is 0 Å². The second kappa shape index (κ2) is 5.17. The van der Waals surface area contributed by atoms with Crippen LogP contribution in [0, 0.1) is 0 Å². The van der Waals surface area contributed by atoms with E-state index in [1.807, 2.05) is 26.8 Å². The molecule has 2 heteroatoms. The van der Waals surface area contributed by atoms with E-state index in [0.717, 1.165) is 12.2 Å². The molecule has 0 spiro atoms. The van der Waals surface area contributed by atoms with Gasteiger partial charge in [0.05, 0.1) is 6.10 Å². The maximum atomic E-state index is 5.90. The number of rotatable bonds is 4. The normalized spacial score (nSPS) is 12.9. The lowest BCUT2D eigenvalue weighted by molar-refractivity contribution is 0.242. The lowest BCUT2D eigenvalue weighted by atomic mass is 10.00. The average Bonchev–Trinajstić information content (AvgIpc) is 2.16. The lowest BCUT2D eigenvalue weighted by Gasteiger charge is -2.15. The molecule has 0 fully saturated rings. The zero-order valence-electron chi connectivity index (χ0n) is 10.1. The number of ether oxygens (including phenoxy) is 1. The average molecular weight is 207 g/mol. The predicted molar refractivity (Wildman–Crippen MR) is 64.2 cm³/mol. The number of aryl methyl sites for hydroxylation is 1.